The van der Waals surface area contributed by atoms with Crippen LogP contribution in [-0.2, 0) is 19.6 Å². The van der Waals surface area contributed by atoms with Gasteiger partial charge in [-0.05, 0) is 24.6 Å². The lowest BCUT2D eigenvalue weighted by atomic mass is 10.2. The first-order valence-corrected chi connectivity index (χ1v) is 7.12. The highest BCUT2D eigenvalue weighted by molar-refractivity contribution is 7.89. The Labute approximate surface area is 113 Å². The van der Waals surface area contributed by atoms with Crippen molar-refractivity contribution in [2.24, 2.45) is 0 Å². The van der Waals surface area contributed by atoms with Crippen LogP contribution in [0.15, 0.2) is 23.1 Å². The van der Waals surface area contributed by atoms with Gasteiger partial charge in [0.05, 0.1) is 18.4 Å². The summed E-state index contributed by atoms with van der Waals surface area (Å²) in [5, 5.41) is 0. The second-order valence-electron chi connectivity index (χ2n) is 4.17. The highest BCUT2D eigenvalue weighted by Crippen LogP contribution is 2.20. The molecule has 1 aromatic rings. The average Bonchev–Trinajstić information content (AvgIpc) is 2.38. The first-order chi connectivity index (χ1) is 8.78. The Morgan fingerprint density at radius 2 is 2.05 bits per heavy atom. The molecule has 0 aromatic heterocycles. The van der Waals surface area contributed by atoms with E-state index in [4.69, 9.17) is 5.73 Å². The molecule has 0 radical (unpaired) electrons. The van der Waals surface area contributed by atoms with Crippen molar-refractivity contribution in [3.05, 3.63) is 23.8 Å². The van der Waals surface area contributed by atoms with E-state index in [1.807, 2.05) is 0 Å². The van der Waals surface area contributed by atoms with Gasteiger partial charge in [-0.1, -0.05) is 6.07 Å². The summed E-state index contributed by atoms with van der Waals surface area (Å²) in [7, 11) is -0.964. The number of benzene rings is 1. The van der Waals surface area contributed by atoms with E-state index in [0.29, 0.717) is 5.69 Å². The van der Waals surface area contributed by atoms with Crippen LogP contribution in [0.1, 0.15) is 12.0 Å². The highest BCUT2D eigenvalue weighted by atomic mass is 32.2. The minimum Gasteiger partial charge on any atom is -0.469 e. The molecule has 7 heteroatoms. The molecule has 0 unspecified atom stereocenters. The van der Waals surface area contributed by atoms with Crippen LogP contribution < -0.4 is 5.73 Å². The Morgan fingerprint density at radius 3 is 2.58 bits per heavy atom. The van der Waals surface area contributed by atoms with Crippen LogP contribution in [0.5, 0.6) is 0 Å². The number of aryl methyl sites for hydroxylation is 1. The molecule has 0 amide bonds. The third-order valence-corrected chi connectivity index (χ3v) is 4.67. The summed E-state index contributed by atoms with van der Waals surface area (Å²) in [5.41, 5.74) is 6.94. The predicted molar refractivity (Wildman–Crippen MR) is 72.0 cm³/mol. The topological polar surface area (TPSA) is 89.7 Å². The number of nitrogens with two attached hydrogens (primary N) is 1. The molecule has 1 aromatic carbocycles. The van der Waals surface area contributed by atoms with Gasteiger partial charge in [-0.15, -0.1) is 0 Å². The van der Waals surface area contributed by atoms with Gasteiger partial charge in [0.25, 0.3) is 0 Å². The molecule has 0 aliphatic rings. The molecular weight excluding hydrogens is 268 g/mol. The van der Waals surface area contributed by atoms with E-state index < -0.39 is 16.0 Å². The molecule has 0 saturated heterocycles. The van der Waals surface area contributed by atoms with E-state index in [1.165, 1.54) is 26.3 Å². The van der Waals surface area contributed by atoms with Crippen LogP contribution in [0, 0.1) is 6.92 Å². The molecule has 0 spiro atoms. The first-order valence-electron chi connectivity index (χ1n) is 5.68. The first kappa shape index (κ1) is 15.5. The minimum absolute atomic E-state index is 0.00751. The molecular formula is C12H18N2O4S. The molecule has 106 valence electrons. The fraction of sp³-hybridized carbons (Fsp3) is 0.417. The minimum atomic E-state index is -3.64. The number of nitrogen functional groups attached to an aromatic ring is 1. The number of hydrogen-bond donors (Lipinski definition) is 1. The van der Waals surface area contributed by atoms with E-state index >= 15 is 0 Å². The van der Waals surface area contributed by atoms with Crippen molar-refractivity contribution in [2.75, 3.05) is 26.4 Å². The van der Waals surface area contributed by atoms with E-state index in [-0.39, 0.29) is 17.9 Å². The van der Waals surface area contributed by atoms with E-state index in [2.05, 4.69) is 4.74 Å². The maximum Gasteiger partial charge on any atom is 0.306 e. The van der Waals surface area contributed by atoms with Crippen molar-refractivity contribution in [1.29, 1.82) is 0 Å². The van der Waals surface area contributed by atoms with Crippen LogP contribution in [0.2, 0.25) is 0 Å². The lowest BCUT2D eigenvalue weighted by Crippen LogP contribution is -2.29. The summed E-state index contributed by atoms with van der Waals surface area (Å²) in [6, 6.07) is 4.56. The van der Waals surface area contributed by atoms with Crippen molar-refractivity contribution < 1.29 is 17.9 Å². The zero-order chi connectivity index (χ0) is 14.6. The zero-order valence-electron chi connectivity index (χ0n) is 11.2. The molecule has 2 N–H and O–H groups in total. The van der Waals surface area contributed by atoms with Gasteiger partial charge in [-0.3, -0.25) is 4.79 Å². The molecule has 0 bridgehead atoms. The second-order valence-corrected chi connectivity index (χ2v) is 6.22. The molecule has 0 fully saturated rings. The number of sulfonamides is 1. The van der Waals surface area contributed by atoms with Crippen molar-refractivity contribution in [2.45, 2.75) is 18.2 Å². The number of hydrogen-bond acceptors (Lipinski definition) is 5. The van der Waals surface area contributed by atoms with E-state index in [0.717, 1.165) is 9.87 Å². The number of anilines is 1. The number of rotatable bonds is 5. The molecule has 0 heterocycles. The highest BCUT2D eigenvalue weighted by Gasteiger charge is 2.21. The molecule has 6 nitrogen and oxygen atoms in total. The van der Waals surface area contributed by atoms with Gasteiger partial charge in [0.2, 0.25) is 10.0 Å². The summed E-state index contributed by atoms with van der Waals surface area (Å²) in [6.45, 7) is 1.86. The van der Waals surface area contributed by atoms with Gasteiger partial charge in [0, 0.05) is 19.3 Å². The van der Waals surface area contributed by atoms with Gasteiger partial charge in [-0.2, -0.15) is 0 Å². The van der Waals surface area contributed by atoms with Crippen molar-refractivity contribution >= 4 is 21.7 Å². The molecule has 0 atom stereocenters. The Bertz CT molecular complexity index is 569. The Kier molecular flexibility index (Phi) is 4.90. The molecule has 0 saturated carbocycles. The number of ether oxygens (including phenoxy) is 1. The molecule has 19 heavy (non-hydrogen) atoms. The lowest BCUT2D eigenvalue weighted by molar-refractivity contribution is -0.140. The molecule has 0 aliphatic heterocycles. The normalized spacial score (nSPS) is 11.6. The largest absolute Gasteiger partial charge is 0.469 e. The number of esters is 1. The van der Waals surface area contributed by atoms with E-state index in [9.17, 15) is 13.2 Å². The molecule has 0 aliphatic carbocycles. The maximum atomic E-state index is 12.2. The summed E-state index contributed by atoms with van der Waals surface area (Å²) in [5.74, 6) is -0.453. The average molecular weight is 286 g/mol. The fourth-order valence-corrected chi connectivity index (χ4v) is 2.64. The third-order valence-electron chi connectivity index (χ3n) is 2.82. The van der Waals surface area contributed by atoms with Gasteiger partial charge < -0.3 is 10.5 Å². The standard InChI is InChI=1S/C12H18N2O4S/c1-9-4-5-10(8-11(9)13)19(16,17)14(2)7-6-12(15)18-3/h4-5,8H,6-7,13H2,1-3H3. The van der Waals surface area contributed by atoms with Crippen molar-refractivity contribution in [3.63, 3.8) is 0 Å². The van der Waals surface area contributed by atoms with Gasteiger partial charge in [0.15, 0.2) is 0 Å². The smallest absolute Gasteiger partial charge is 0.306 e. The van der Waals surface area contributed by atoms with Crippen LogP contribution in [0.25, 0.3) is 0 Å². The van der Waals surface area contributed by atoms with Gasteiger partial charge in [-0.25, -0.2) is 12.7 Å². The third kappa shape index (κ3) is 3.68. The SMILES string of the molecule is COC(=O)CCN(C)S(=O)(=O)c1ccc(C)c(N)c1. The Balaban J connectivity index is 2.90. The maximum absolute atomic E-state index is 12.2. The number of carbonyl (C=O) groups is 1. The Hall–Kier alpha value is -1.60. The number of methoxy groups -OCH3 is 1. The summed E-state index contributed by atoms with van der Waals surface area (Å²) < 4.78 is 30.0. The zero-order valence-corrected chi connectivity index (χ0v) is 12.0. The number of carbonyl (C=O) groups excluding carboxylic acids is 1. The number of nitrogens with zero attached hydrogens (tertiary/aromatic N) is 1. The summed E-state index contributed by atoms with van der Waals surface area (Å²) in [6.07, 6.45) is 0.00751. The van der Waals surface area contributed by atoms with Crippen LogP contribution in [0.4, 0.5) is 5.69 Å². The second kappa shape index (κ2) is 6.03. The predicted octanol–water partition coefficient (Wildman–Crippen LogP) is 0.761. The fourth-order valence-electron chi connectivity index (χ4n) is 1.43. The Morgan fingerprint density at radius 1 is 1.42 bits per heavy atom. The quantitative estimate of drug-likeness (QED) is 0.637. The van der Waals surface area contributed by atoms with Crippen LogP contribution in [-0.4, -0.2) is 39.4 Å². The monoisotopic (exact) mass is 286 g/mol. The van der Waals surface area contributed by atoms with Crippen LogP contribution >= 0.6 is 0 Å². The van der Waals surface area contributed by atoms with Gasteiger partial charge >= 0.3 is 5.97 Å². The van der Waals surface area contributed by atoms with Gasteiger partial charge in [0.1, 0.15) is 0 Å². The van der Waals surface area contributed by atoms with Crippen LogP contribution in [0.3, 0.4) is 0 Å². The lowest BCUT2D eigenvalue weighted by Gasteiger charge is -2.17. The molecule has 1 rings (SSSR count). The summed E-state index contributed by atoms with van der Waals surface area (Å²) >= 11 is 0. The van der Waals surface area contributed by atoms with Crippen molar-refractivity contribution in [1.82, 2.24) is 4.31 Å². The van der Waals surface area contributed by atoms with E-state index in [1.54, 1.807) is 13.0 Å². The summed E-state index contributed by atoms with van der Waals surface area (Å²) in [4.78, 5) is 11.1. The van der Waals surface area contributed by atoms with Crippen molar-refractivity contribution in [3.8, 4) is 0 Å².